The van der Waals surface area contributed by atoms with Crippen molar-refractivity contribution in [2.24, 2.45) is 5.92 Å². The van der Waals surface area contributed by atoms with E-state index < -0.39 is 0 Å². The van der Waals surface area contributed by atoms with Crippen molar-refractivity contribution in [2.75, 3.05) is 13.1 Å². The van der Waals surface area contributed by atoms with Gasteiger partial charge in [-0.15, -0.1) is 0 Å². The molecular weight excluding hydrogens is 315 g/mol. The number of nitrogens with zero attached hydrogens (tertiary/aromatic N) is 1. The molecule has 1 fully saturated rings. The van der Waals surface area contributed by atoms with Gasteiger partial charge in [-0.3, -0.25) is 4.79 Å². The molecule has 5 heteroatoms. The Bertz CT molecular complexity index is 846. The number of benzene rings is 1. The summed E-state index contributed by atoms with van der Waals surface area (Å²) < 4.78 is 15.8. The summed E-state index contributed by atoms with van der Waals surface area (Å²) in [5.74, 6) is 0.552. The van der Waals surface area contributed by atoms with Gasteiger partial charge in [-0.05, 0) is 55.1 Å². The smallest absolute Gasteiger partial charge is 0.251 e. The highest BCUT2D eigenvalue weighted by molar-refractivity contribution is 6.33. The topological polar surface area (TPSA) is 34.0 Å². The van der Waals surface area contributed by atoms with Crippen LogP contribution in [-0.4, -0.2) is 17.7 Å². The summed E-state index contributed by atoms with van der Waals surface area (Å²) >= 11 is 6.29. The Morgan fingerprint density at radius 1 is 1.26 bits per heavy atom. The van der Waals surface area contributed by atoms with E-state index in [-0.39, 0.29) is 11.4 Å². The monoisotopic (exact) mass is 332 g/mol. The summed E-state index contributed by atoms with van der Waals surface area (Å²) in [7, 11) is 0. The summed E-state index contributed by atoms with van der Waals surface area (Å²) in [6.07, 6.45) is 1.10. The minimum atomic E-state index is -0.304. The van der Waals surface area contributed by atoms with Crippen molar-refractivity contribution in [3.8, 4) is 11.1 Å². The number of fused-ring (bicyclic) bond motifs is 4. The number of pyridine rings is 1. The number of hydrogen-bond donors (Lipinski definition) is 1. The molecule has 0 unspecified atom stereocenters. The van der Waals surface area contributed by atoms with Crippen LogP contribution in [-0.2, 0) is 6.54 Å². The maximum atomic E-state index is 13.9. The number of aryl methyl sites for hydroxylation is 1. The van der Waals surface area contributed by atoms with Crippen molar-refractivity contribution >= 4 is 11.6 Å². The Labute approximate surface area is 139 Å². The van der Waals surface area contributed by atoms with Crippen LogP contribution >= 0.6 is 11.6 Å². The zero-order valence-corrected chi connectivity index (χ0v) is 13.7. The predicted molar refractivity (Wildman–Crippen MR) is 89.6 cm³/mol. The highest BCUT2D eigenvalue weighted by atomic mass is 35.5. The Hall–Kier alpha value is -1.65. The van der Waals surface area contributed by atoms with Gasteiger partial charge in [0.25, 0.3) is 5.56 Å². The molecule has 120 valence electrons. The van der Waals surface area contributed by atoms with Crippen molar-refractivity contribution in [3.63, 3.8) is 0 Å². The van der Waals surface area contributed by atoms with Crippen LogP contribution in [0.4, 0.5) is 4.39 Å². The summed E-state index contributed by atoms with van der Waals surface area (Å²) in [6.45, 7) is 4.29. The highest BCUT2D eigenvalue weighted by Gasteiger charge is 2.31. The SMILES string of the molecule is Cc1cc(Cl)c(-c2cc3n(c(=O)c2)C[C@@H]2CNC[C@H]3C2)cc1F. The molecule has 2 bridgehead atoms. The van der Waals surface area contributed by atoms with Crippen molar-refractivity contribution in [1.29, 1.82) is 0 Å². The zero-order valence-electron chi connectivity index (χ0n) is 12.9. The lowest BCUT2D eigenvalue weighted by atomic mass is 9.83. The Kier molecular flexibility index (Phi) is 3.54. The minimum absolute atomic E-state index is 0.0221. The molecule has 2 aromatic rings. The molecule has 4 rings (SSSR count). The van der Waals surface area contributed by atoms with Crippen LogP contribution in [0.3, 0.4) is 0 Å². The molecule has 3 heterocycles. The third-order valence-electron chi connectivity index (χ3n) is 5.02. The third kappa shape index (κ3) is 2.50. The highest BCUT2D eigenvalue weighted by Crippen LogP contribution is 2.35. The molecule has 0 radical (unpaired) electrons. The second kappa shape index (κ2) is 5.46. The first-order valence-corrected chi connectivity index (χ1v) is 8.32. The van der Waals surface area contributed by atoms with E-state index in [0.717, 1.165) is 31.7 Å². The average molecular weight is 333 g/mol. The fraction of sp³-hybridized carbons (Fsp3) is 0.389. The van der Waals surface area contributed by atoms with Gasteiger partial charge in [0.15, 0.2) is 0 Å². The van der Waals surface area contributed by atoms with Crippen LogP contribution in [0.15, 0.2) is 29.1 Å². The molecule has 23 heavy (non-hydrogen) atoms. The van der Waals surface area contributed by atoms with E-state index in [4.69, 9.17) is 11.6 Å². The normalized spacial score (nSPS) is 22.7. The standard InChI is InChI=1S/C18H18ClFN2O/c1-10-2-15(19)14(6-16(10)20)12-4-17-13-3-11(7-21-8-13)9-22(17)18(23)5-12/h2,4-6,11,13,21H,3,7-9H2,1H3/t11-,13+/m0/s1. The van der Waals surface area contributed by atoms with Crippen molar-refractivity contribution in [3.05, 3.63) is 56.7 Å². The minimum Gasteiger partial charge on any atom is -0.316 e. The molecule has 3 nitrogen and oxygen atoms in total. The lowest BCUT2D eigenvalue weighted by Crippen LogP contribution is -2.44. The lowest BCUT2D eigenvalue weighted by molar-refractivity contribution is 0.257. The van der Waals surface area contributed by atoms with Crippen LogP contribution < -0.4 is 10.9 Å². The Morgan fingerprint density at radius 2 is 2.09 bits per heavy atom. The van der Waals surface area contributed by atoms with Crippen LogP contribution in [0.2, 0.25) is 5.02 Å². The van der Waals surface area contributed by atoms with E-state index in [1.54, 1.807) is 19.1 Å². The van der Waals surface area contributed by atoms with Gasteiger partial charge >= 0.3 is 0 Å². The van der Waals surface area contributed by atoms with Crippen LogP contribution in [0.25, 0.3) is 11.1 Å². The molecule has 0 spiro atoms. The molecule has 1 aromatic heterocycles. The maximum absolute atomic E-state index is 13.9. The molecule has 0 amide bonds. The summed E-state index contributed by atoms with van der Waals surface area (Å²) in [4.78, 5) is 12.6. The van der Waals surface area contributed by atoms with Crippen LogP contribution in [0.1, 0.15) is 23.6 Å². The van der Waals surface area contributed by atoms with Gasteiger partial charge < -0.3 is 9.88 Å². The summed E-state index contributed by atoms with van der Waals surface area (Å²) in [6, 6.07) is 6.62. The van der Waals surface area contributed by atoms with Crippen LogP contribution in [0.5, 0.6) is 0 Å². The van der Waals surface area contributed by atoms with Gasteiger partial charge in [0, 0.05) is 41.4 Å². The van der Waals surface area contributed by atoms with Crippen molar-refractivity contribution in [1.82, 2.24) is 9.88 Å². The molecular formula is C18H18ClFN2O. The summed E-state index contributed by atoms with van der Waals surface area (Å²) in [5, 5.41) is 3.91. The molecule has 1 saturated heterocycles. The van der Waals surface area contributed by atoms with Crippen molar-refractivity contribution in [2.45, 2.75) is 25.8 Å². The number of hydrogen-bond acceptors (Lipinski definition) is 2. The van der Waals surface area contributed by atoms with E-state index in [0.29, 0.717) is 33.5 Å². The number of halogens is 2. The first kappa shape index (κ1) is 14.9. The van der Waals surface area contributed by atoms with E-state index in [9.17, 15) is 9.18 Å². The Balaban J connectivity index is 1.88. The molecule has 2 aliphatic rings. The van der Waals surface area contributed by atoms with Gasteiger partial charge in [-0.2, -0.15) is 0 Å². The second-order valence-corrected chi connectivity index (χ2v) is 7.06. The molecule has 2 aliphatic heterocycles. The van der Waals surface area contributed by atoms with Gasteiger partial charge in [0.05, 0.1) is 0 Å². The number of nitrogens with one attached hydrogen (secondary N) is 1. The molecule has 0 aliphatic carbocycles. The fourth-order valence-corrected chi connectivity index (χ4v) is 4.15. The Morgan fingerprint density at radius 3 is 2.91 bits per heavy atom. The van der Waals surface area contributed by atoms with Crippen LogP contribution in [0, 0.1) is 18.7 Å². The summed E-state index contributed by atoms with van der Waals surface area (Å²) in [5.41, 5.74) is 2.81. The quantitative estimate of drug-likeness (QED) is 0.869. The fourth-order valence-electron chi connectivity index (χ4n) is 3.83. The van der Waals surface area contributed by atoms with Gasteiger partial charge in [0.1, 0.15) is 5.82 Å². The number of rotatable bonds is 1. The van der Waals surface area contributed by atoms with E-state index in [1.165, 1.54) is 6.07 Å². The van der Waals surface area contributed by atoms with Gasteiger partial charge in [-0.1, -0.05) is 11.6 Å². The molecule has 2 atom stereocenters. The lowest BCUT2D eigenvalue weighted by Gasteiger charge is -2.37. The molecule has 0 saturated carbocycles. The molecule has 1 aromatic carbocycles. The van der Waals surface area contributed by atoms with E-state index in [2.05, 4.69) is 5.32 Å². The van der Waals surface area contributed by atoms with Gasteiger partial charge in [-0.25, -0.2) is 4.39 Å². The average Bonchev–Trinajstić information content (AvgIpc) is 2.52. The first-order chi connectivity index (χ1) is 11.0. The maximum Gasteiger partial charge on any atom is 0.251 e. The first-order valence-electron chi connectivity index (χ1n) is 7.94. The number of aromatic nitrogens is 1. The van der Waals surface area contributed by atoms with Gasteiger partial charge in [0.2, 0.25) is 0 Å². The largest absolute Gasteiger partial charge is 0.316 e. The predicted octanol–water partition coefficient (Wildman–Crippen LogP) is 3.32. The van der Waals surface area contributed by atoms with E-state index in [1.807, 2.05) is 10.6 Å². The number of piperidine rings is 1. The molecule has 1 N–H and O–H groups in total. The zero-order chi connectivity index (χ0) is 16.1. The van der Waals surface area contributed by atoms with E-state index >= 15 is 0 Å². The second-order valence-electron chi connectivity index (χ2n) is 6.66. The van der Waals surface area contributed by atoms with Crippen molar-refractivity contribution < 1.29 is 4.39 Å². The third-order valence-corrected chi connectivity index (χ3v) is 5.33.